The van der Waals surface area contributed by atoms with E-state index < -0.39 is 0 Å². The molecule has 0 atom stereocenters. The van der Waals surface area contributed by atoms with Gasteiger partial charge in [0.2, 0.25) is 10.2 Å². The standard InChI is InChI=1S/C10H19NO2S2/c1-4-7-8-11(14-9(12)5-2)15-10(13)6-3/h4-8H2,1-3H3. The smallest absolute Gasteiger partial charge is 0.204 e. The second kappa shape index (κ2) is 9.24. The minimum Gasteiger partial charge on any atom is -0.286 e. The zero-order chi connectivity index (χ0) is 11.7. The van der Waals surface area contributed by atoms with Gasteiger partial charge in [0, 0.05) is 43.3 Å². The van der Waals surface area contributed by atoms with Crippen LogP contribution in [0.15, 0.2) is 0 Å². The van der Waals surface area contributed by atoms with Crippen LogP contribution in [-0.4, -0.2) is 20.5 Å². The van der Waals surface area contributed by atoms with E-state index >= 15 is 0 Å². The largest absolute Gasteiger partial charge is 0.286 e. The lowest BCUT2D eigenvalue weighted by molar-refractivity contribution is -0.111. The van der Waals surface area contributed by atoms with Crippen LogP contribution >= 0.6 is 23.9 Å². The van der Waals surface area contributed by atoms with Crippen LogP contribution in [-0.2, 0) is 9.59 Å². The predicted molar refractivity (Wildman–Crippen MR) is 67.4 cm³/mol. The van der Waals surface area contributed by atoms with E-state index in [1.165, 1.54) is 0 Å². The number of hydrogen-bond acceptors (Lipinski definition) is 5. The predicted octanol–water partition coefficient (Wildman–Crippen LogP) is 3.26. The van der Waals surface area contributed by atoms with Gasteiger partial charge in [-0.3, -0.25) is 9.59 Å². The van der Waals surface area contributed by atoms with Crippen molar-refractivity contribution in [1.29, 1.82) is 0 Å². The minimum atomic E-state index is 0.113. The van der Waals surface area contributed by atoms with E-state index in [-0.39, 0.29) is 10.2 Å². The highest BCUT2D eigenvalue weighted by molar-refractivity contribution is 8.25. The van der Waals surface area contributed by atoms with Gasteiger partial charge in [-0.05, 0) is 6.42 Å². The topological polar surface area (TPSA) is 37.4 Å². The van der Waals surface area contributed by atoms with E-state index in [2.05, 4.69) is 6.92 Å². The third-order valence-electron chi connectivity index (χ3n) is 1.68. The van der Waals surface area contributed by atoms with E-state index in [4.69, 9.17) is 0 Å². The van der Waals surface area contributed by atoms with Crippen LogP contribution in [0.4, 0.5) is 0 Å². The van der Waals surface area contributed by atoms with Gasteiger partial charge in [-0.1, -0.05) is 27.2 Å². The summed E-state index contributed by atoms with van der Waals surface area (Å²) < 4.78 is 1.81. The Bertz CT molecular complexity index is 192. The second-order valence-electron chi connectivity index (χ2n) is 3.04. The highest BCUT2D eigenvalue weighted by atomic mass is 32.2. The molecule has 0 rings (SSSR count). The van der Waals surface area contributed by atoms with Gasteiger partial charge in [-0.15, -0.1) is 0 Å². The molecule has 0 aromatic rings. The molecule has 0 spiro atoms. The first-order valence-electron chi connectivity index (χ1n) is 5.33. The normalized spacial score (nSPS) is 10.7. The maximum absolute atomic E-state index is 11.3. The molecule has 0 heterocycles. The quantitative estimate of drug-likeness (QED) is 0.647. The van der Waals surface area contributed by atoms with Crippen LogP contribution in [0.5, 0.6) is 0 Å². The van der Waals surface area contributed by atoms with Gasteiger partial charge < -0.3 is 0 Å². The molecule has 0 N–H and O–H groups in total. The highest BCUT2D eigenvalue weighted by Crippen LogP contribution is 2.25. The van der Waals surface area contributed by atoms with Gasteiger partial charge in [0.1, 0.15) is 0 Å². The molecule has 0 aromatic carbocycles. The van der Waals surface area contributed by atoms with Gasteiger partial charge in [0.25, 0.3) is 0 Å². The van der Waals surface area contributed by atoms with Crippen molar-refractivity contribution < 1.29 is 9.59 Å². The molecule has 0 amide bonds. The van der Waals surface area contributed by atoms with Crippen molar-refractivity contribution >= 4 is 34.1 Å². The molecule has 0 saturated carbocycles. The van der Waals surface area contributed by atoms with Crippen LogP contribution < -0.4 is 0 Å². The van der Waals surface area contributed by atoms with Crippen molar-refractivity contribution in [3.8, 4) is 0 Å². The summed E-state index contributed by atoms with van der Waals surface area (Å²) in [5.41, 5.74) is 0. The Hall–Kier alpha value is -0.0000000000000000555. The average Bonchev–Trinajstić information content (AvgIpc) is 2.25. The van der Waals surface area contributed by atoms with Gasteiger partial charge in [0.05, 0.1) is 0 Å². The third-order valence-corrected chi connectivity index (χ3v) is 3.88. The van der Waals surface area contributed by atoms with E-state index in [0.717, 1.165) is 43.3 Å². The molecule has 0 bridgehead atoms. The summed E-state index contributed by atoms with van der Waals surface area (Å²) in [4.78, 5) is 22.5. The Labute approximate surface area is 101 Å². The fourth-order valence-electron chi connectivity index (χ4n) is 0.753. The third kappa shape index (κ3) is 7.88. The highest BCUT2D eigenvalue weighted by Gasteiger charge is 2.14. The molecular weight excluding hydrogens is 230 g/mol. The first-order valence-corrected chi connectivity index (χ1v) is 6.87. The molecule has 0 aliphatic carbocycles. The Morgan fingerprint density at radius 3 is 1.80 bits per heavy atom. The lowest BCUT2D eigenvalue weighted by atomic mass is 10.3. The van der Waals surface area contributed by atoms with Crippen molar-refractivity contribution in [3.63, 3.8) is 0 Å². The molecule has 0 aliphatic rings. The number of nitrogens with zero attached hydrogens (tertiary/aromatic N) is 1. The summed E-state index contributed by atoms with van der Waals surface area (Å²) in [7, 11) is 0. The lowest BCUT2D eigenvalue weighted by Gasteiger charge is -2.16. The molecule has 3 nitrogen and oxygen atoms in total. The van der Waals surface area contributed by atoms with E-state index in [9.17, 15) is 9.59 Å². The first-order chi connectivity index (χ1) is 7.13. The monoisotopic (exact) mass is 249 g/mol. The molecule has 0 aromatic heterocycles. The summed E-state index contributed by atoms with van der Waals surface area (Å²) in [5.74, 6) is 0. The maximum Gasteiger partial charge on any atom is 0.204 e. The minimum absolute atomic E-state index is 0.113. The van der Waals surface area contributed by atoms with Crippen LogP contribution in [0.25, 0.3) is 0 Å². The van der Waals surface area contributed by atoms with E-state index in [1.807, 2.05) is 13.8 Å². The average molecular weight is 249 g/mol. The summed E-state index contributed by atoms with van der Waals surface area (Å²) >= 11 is 2.33. The van der Waals surface area contributed by atoms with Crippen LogP contribution in [0.3, 0.4) is 0 Å². The Kier molecular flexibility index (Phi) is 9.24. The molecule has 88 valence electrons. The van der Waals surface area contributed by atoms with E-state index in [0.29, 0.717) is 12.8 Å². The molecule has 0 saturated heterocycles. The van der Waals surface area contributed by atoms with Crippen molar-refractivity contribution in [3.05, 3.63) is 0 Å². The fourth-order valence-corrected chi connectivity index (χ4v) is 2.55. The van der Waals surface area contributed by atoms with Crippen molar-refractivity contribution in [2.24, 2.45) is 0 Å². The lowest BCUT2D eigenvalue weighted by Crippen LogP contribution is -2.14. The fraction of sp³-hybridized carbons (Fsp3) is 0.800. The van der Waals surface area contributed by atoms with Crippen LogP contribution in [0.1, 0.15) is 46.5 Å². The number of rotatable bonds is 7. The molecule has 0 aliphatic heterocycles. The van der Waals surface area contributed by atoms with E-state index in [1.54, 1.807) is 3.71 Å². The maximum atomic E-state index is 11.3. The summed E-state index contributed by atoms with van der Waals surface area (Å²) in [6.45, 7) is 6.54. The zero-order valence-corrected chi connectivity index (χ0v) is 11.2. The Balaban J connectivity index is 4.05. The van der Waals surface area contributed by atoms with Gasteiger partial charge in [0.15, 0.2) is 0 Å². The molecule has 0 radical (unpaired) electrons. The van der Waals surface area contributed by atoms with Gasteiger partial charge in [-0.25, -0.2) is 0 Å². The number of unbranched alkanes of at least 4 members (excludes halogenated alkanes) is 1. The van der Waals surface area contributed by atoms with Gasteiger partial charge in [-0.2, -0.15) is 3.71 Å². The first kappa shape index (κ1) is 15.0. The second-order valence-corrected chi connectivity index (χ2v) is 5.43. The zero-order valence-electron chi connectivity index (χ0n) is 9.62. The Morgan fingerprint density at radius 2 is 1.47 bits per heavy atom. The Morgan fingerprint density at radius 1 is 1.00 bits per heavy atom. The summed E-state index contributed by atoms with van der Waals surface area (Å²) in [5, 5.41) is 0.227. The molecule has 0 unspecified atom stereocenters. The van der Waals surface area contributed by atoms with Crippen LogP contribution in [0.2, 0.25) is 0 Å². The molecule has 15 heavy (non-hydrogen) atoms. The number of hydrogen-bond donors (Lipinski definition) is 0. The SMILES string of the molecule is CCCCN(SC(=O)CC)SC(=O)CC. The van der Waals surface area contributed by atoms with Gasteiger partial charge >= 0.3 is 0 Å². The number of carbonyl (C=O) groups excluding carboxylic acids is 2. The number of carbonyl (C=O) groups is 2. The summed E-state index contributed by atoms with van der Waals surface area (Å²) in [6.07, 6.45) is 3.09. The molecular formula is C10H19NO2S2. The molecule has 5 heteroatoms. The van der Waals surface area contributed by atoms with Crippen molar-refractivity contribution in [1.82, 2.24) is 3.71 Å². The van der Waals surface area contributed by atoms with Crippen molar-refractivity contribution in [2.75, 3.05) is 6.54 Å². The van der Waals surface area contributed by atoms with Crippen molar-refractivity contribution in [2.45, 2.75) is 46.5 Å². The van der Waals surface area contributed by atoms with Crippen LogP contribution in [0, 0.1) is 0 Å². The molecule has 0 fully saturated rings. The summed E-state index contributed by atoms with van der Waals surface area (Å²) in [6, 6.07) is 0.